The molecular formula is C7H9ClN6O. The molecule has 2 rings (SSSR count). The highest BCUT2D eigenvalue weighted by Crippen LogP contribution is 2.19. The van der Waals surface area contributed by atoms with E-state index in [2.05, 4.69) is 20.6 Å². The predicted octanol–water partition coefficient (Wildman–Crippen LogP) is -0.290. The van der Waals surface area contributed by atoms with Crippen LogP contribution in [-0.2, 0) is 13.6 Å². The zero-order valence-corrected chi connectivity index (χ0v) is 8.99. The lowest BCUT2D eigenvalue weighted by molar-refractivity contribution is 0.587. The first kappa shape index (κ1) is 9.91. The van der Waals surface area contributed by atoms with Gasteiger partial charge in [0.25, 0.3) is 0 Å². The summed E-state index contributed by atoms with van der Waals surface area (Å²) in [6.07, 6.45) is 0. The summed E-state index contributed by atoms with van der Waals surface area (Å²) in [4.78, 5) is 11.2. The lowest BCUT2D eigenvalue weighted by Crippen LogP contribution is -2.20. The van der Waals surface area contributed by atoms with Gasteiger partial charge in [-0.25, -0.2) is 9.89 Å². The van der Waals surface area contributed by atoms with Gasteiger partial charge in [0, 0.05) is 7.05 Å². The number of tetrazole rings is 1. The standard InChI is InChI=1S/C7H9ClN6O/c1-4-6(8)5(13(2)10-4)3-14-7(15)9-11-12-14/h3H2,1-2H3,(H,9,12,15). The van der Waals surface area contributed by atoms with Crippen LogP contribution in [0.1, 0.15) is 11.4 Å². The Morgan fingerprint density at radius 2 is 2.27 bits per heavy atom. The van der Waals surface area contributed by atoms with E-state index in [9.17, 15) is 4.79 Å². The fourth-order valence-electron chi connectivity index (χ4n) is 1.31. The second-order valence-electron chi connectivity index (χ2n) is 3.13. The molecule has 2 heterocycles. The van der Waals surface area contributed by atoms with Gasteiger partial charge in [0.15, 0.2) is 0 Å². The first-order valence-corrected chi connectivity index (χ1v) is 4.63. The van der Waals surface area contributed by atoms with Crippen molar-refractivity contribution in [3.8, 4) is 0 Å². The first-order chi connectivity index (χ1) is 7.09. The summed E-state index contributed by atoms with van der Waals surface area (Å²) < 4.78 is 2.81. The number of aryl methyl sites for hydroxylation is 2. The van der Waals surface area contributed by atoms with Crippen LogP contribution in [0.15, 0.2) is 4.79 Å². The summed E-state index contributed by atoms with van der Waals surface area (Å²) in [6, 6.07) is 0. The molecule has 80 valence electrons. The van der Waals surface area contributed by atoms with Crippen molar-refractivity contribution in [2.24, 2.45) is 7.05 Å². The van der Waals surface area contributed by atoms with Crippen LogP contribution in [0, 0.1) is 6.92 Å². The molecule has 0 bridgehead atoms. The van der Waals surface area contributed by atoms with Crippen molar-refractivity contribution >= 4 is 11.6 Å². The zero-order valence-electron chi connectivity index (χ0n) is 8.23. The first-order valence-electron chi connectivity index (χ1n) is 4.25. The highest BCUT2D eigenvalue weighted by atomic mass is 35.5. The van der Waals surface area contributed by atoms with Gasteiger partial charge in [-0.15, -0.1) is 0 Å². The van der Waals surface area contributed by atoms with Crippen molar-refractivity contribution in [3.63, 3.8) is 0 Å². The largest absolute Gasteiger partial charge is 0.361 e. The number of hydrogen-bond donors (Lipinski definition) is 1. The number of rotatable bonds is 2. The van der Waals surface area contributed by atoms with E-state index in [1.807, 2.05) is 0 Å². The van der Waals surface area contributed by atoms with Crippen molar-refractivity contribution in [1.29, 1.82) is 0 Å². The Kier molecular flexibility index (Phi) is 2.31. The molecule has 15 heavy (non-hydrogen) atoms. The topological polar surface area (TPSA) is 81.4 Å². The summed E-state index contributed by atoms with van der Waals surface area (Å²) in [6.45, 7) is 2.06. The lowest BCUT2D eigenvalue weighted by atomic mass is 10.3. The van der Waals surface area contributed by atoms with E-state index in [0.29, 0.717) is 5.02 Å². The predicted molar refractivity (Wildman–Crippen MR) is 52.7 cm³/mol. The minimum absolute atomic E-state index is 0.255. The zero-order chi connectivity index (χ0) is 11.0. The van der Waals surface area contributed by atoms with Gasteiger partial charge in [0.1, 0.15) is 0 Å². The van der Waals surface area contributed by atoms with Crippen LogP contribution in [0.25, 0.3) is 0 Å². The summed E-state index contributed by atoms with van der Waals surface area (Å²) >= 11 is 6.03. The fourth-order valence-corrected chi connectivity index (χ4v) is 1.53. The average Bonchev–Trinajstić information content (AvgIpc) is 2.67. The number of halogens is 1. The molecule has 0 atom stereocenters. The number of nitrogens with one attached hydrogen (secondary N) is 1. The van der Waals surface area contributed by atoms with Crippen LogP contribution >= 0.6 is 11.6 Å². The van der Waals surface area contributed by atoms with Crippen LogP contribution in [0.5, 0.6) is 0 Å². The third-order valence-electron chi connectivity index (χ3n) is 2.09. The second kappa shape index (κ2) is 3.50. The monoisotopic (exact) mass is 228 g/mol. The Balaban J connectivity index is 2.40. The molecular weight excluding hydrogens is 220 g/mol. The van der Waals surface area contributed by atoms with Crippen molar-refractivity contribution < 1.29 is 0 Å². The van der Waals surface area contributed by atoms with E-state index in [-0.39, 0.29) is 12.2 Å². The van der Waals surface area contributed by atoms with Gasteiger partial charge >= 0.3 is 5.69 Å². The number of hydrogen-bond acceptors (Lipinski definition) is 4. The number of aromatic amines is 1. The molecule has 0 aromatic carbocycles. The molecule has 1 N–H and O–H groups in total. The van der Waals surface area contributed by atoms with Crippen molar-refractivity contribution in [1.82, 2.24) is 30.0 Å². The maximum absolute atomic E-state index is 11.2. The molecule has 0 radical (unpaired) electrons. The van der Waals surface area contributed by atoms with Crippen LogP contribution < -0.4 is 5.69 Å². The molecule has 0 amide bonds. The van der Waals surface area contributed by atoms with Gasteiger partial charge in [-0.3, -0.25) is 4.68 Å². The number of H-pyrrole nitrogens is 1. The molecule has 0 aliphatic rings. The van der Waals surface area contributed by atoms with E-state index in [4.69, 9.17) is 11.6 Å². The molecule has 2 aromatic heterocycles. The Morgan fingerprint density at radius 3 is 2.73 bits per heavy atom. The van der Waals surface area contributed by atoms with E-state index >= 15 is 0 Å². The number of aromatic nitrogens is 6. The minimum Gasteiger partial charge on any atom is -0.269 e. The van der Waals surface area contributed by atoms with Crippen LogP contribution in [-0.4, -0.2) is 30.0 Å². The summed E-state index contributed by atoms with van der Waals surface area (Å²) in [5.74, 6) is 0. The van der Waals surface area contributed by atoms with Gasteiger partial charge in [-0.1, -0.05) is 11.6 Å². The second-order valence-corrected chi connectivity index (χ2v) is 3.51. The van der Waals surface area contributed by atoms with Gasteiger partial charge < -0.3 is 0 Å². The minimum atomic E-state index is -0.370. The van der Waals surface area contributed by atoms with Crippen LogP contribution in [0.2, 0.25) is 5.02 Å². The molecule has 0 saturated heterocycles. The molecule has 0 saturated carbocycles. The van der Waals surface area contributed by atoms with Gasteiger partial charge in [0.05, 0.1) is 23.0 Å². The highest BCUT2D eigenvalue weighted by molar-refractivity contribution is 6.31. The molecule has 0 unspecified atom stereocenters. The Morgan fingerprint density at radius 1 is 1.53 bits per heavy atom. The smallest absolute Gasteiger partial charge is 0.269 e. The number of nitrogens with zero attached hydrogens (tertiary/aromatic N) is 5. The Hall–Kier alpha value is -1.63. The molecule has 0 spiro atoms. The molecule has 7 nitrogen and oxygen atoms in total. The van der Waals surface area contributed by atoms with Crippen LogP contribution in [0.4, 0.5) is 0 Å². The molecule has 2 aromatic rings. The van der Waals surface area contributed by atoms with Gasteiger partial charge in [-0.2, -0.15) is 9.78 Å². The molecule has 8 heteroatoms. The van der Waals surface area contributed by atoms with E-state index < -0.39 is 0 Å². The Labute approximate surface area is 89.6 Å². The quantitative estimate of drug-likeness (QED) is 0.766. The summed E-state index contributed by atoms with van der Waals surface area (Å²) in [5.41, 5.74) is 1.08. The molecule has 0 fully saturated rings. The average molecular weight is 229 g/mol. The van der Waals surface area contributed by atoms with E-state index in [0.717, 1.165) is 11.4 Å². The van der Waals surface area contributed by atoms with Crippen molar-refractivity contribution in [3.05, 3.63) is 26.9 Å². The highest BCUT2D eigenvalue weighted by Gasteiger charge is 2.12. The maximum Gasteiger partial charge on any atom is 0.361 e. The van der Waals surface area contributed by atoms with Crippen molar-refractivity contribution in [2.45, 2.75) is 13.5 Å². The maximum atomic E-state index is 11.2. The third-order valence-corrected chi connectivity index (χ3v) is 2.59. The van der Waals surface area contributed by atoms with Gasteiger partial charge in [-0.05, 0) is 17.4 Å². The molecule has 0 aliphatic heterocycles. The SMILES string of the molecule is Cc1nn(C)c(Cn2nn[nH]c2=O)c1Cl. The van der Waals surface area contributed by atoms with Crippen molar-refractivity contribution in [2.75, 3.05) is 0 Å². The van der Waals surface area contributed by atoms with E-state index in [1.165, 1.54) is 4.68 Å². The summed E-state index contributed by atoms with van der Waals surface area (Å²) in [5, 5.41) is 13.9. The normalized spacial score (nSPS) is 10.9. The lowest BCUT2D eigenvalue weighted by Gasteiger charge is -2.00. The van der Waals surface area contributed by atoms with E-state index in [1.54, 1.807) is 18.7 Å². The Bertz CT molecular complexity index is 538. The van der Waals surface area contributed by atoms with Gasteiger partial charge in [0.2, 0.25) is 0 Å². The fraction of sp³-hybridized carbons (Fsp3) is 0.429. The third kappa shape index (κ3) is 1.65. The summed E-state index contributed by atoms with van der Waals surface area (Å²) in [7, 11) is 1.76. The molecule has 0 aliphatic carbocycles. The van der Waals surface area contributed by atoms with Crippen LogP contribution in [0.3, 0.4) is 0 Å².